The maximum atomic E-state index is 13.8. The summed E-state index contributed by atoms with van der Waals surface area (Å²) in [5, 5.41) is 9.28. The molecule has 192 valence electrons. The molecule has 0 aliphatic heterocycles. The Balaban J connectivity index is 1.67. The van der Waals surface area contributed by atoms with Crippen molar-refractivity contribution in [2.75, 3.05) is 25.0 Å². The molecular formula is C30H28N4O4. The Morgan fingerprint density at radius 1 is 0.711 bits per heavy atom. The first-order valence-corrected chi connectivity index (χ1v) is 12.2. The van der Waals surface area contributed by atoms with E-state index in [1.165, 1.54) is 9.80 Å². The monoisotopic (exact) mass is 508 g/mol. The van der Waals surface area contributed by atoms with Gasteiger partial charge >= 0.3 is 5.97 Å². The molecule has 0 radical (unpaired) electrons. The second-order valence-electron chi connectivity index (χ2n) is 8.65. The summed E-state index contributed by atoms with van der Waals surface area (Å²) in [5.41, 5.74) is 2.81. The minimum Gasteiger partial charge on any atom is -0.481 e. The number of anilines is 1. The highest BCUT2D eigenvalue weighted by Crippen LogP contribution is 2.29. The van der Waals surface area contributed by atoms with Crippen LogP contribution in [-0.2, 0) is 11.2 Å². The number of hydrogen-bond acceptors (Lipinski definition) is 5. The van der Waals surface area contributed by atoms with E-state index in [1.54, 1.807) is 68.0 Å². The van der Waals surface area contributed by atoms with E-state index < -0.39 is 5.97 Å². The standard InChI is InChI=1S/C30H28N4O4/c1-33(27-15-7-9-19-32-27)29(37)25-13-4-2-11-23(25)24-12-3-5-14-26(24)30(38)34(21-17-28(35)36)20-16-22-10-6-8-18-31-22/h2-15,18-19H,16-17,20-21H2,1H3,(H,35,36). The molecule has 8 nitrogen and oxygen atoms in total. The van der Waals surface area contributed by atoms with Gasteiger partial charge in [-0.2, -0.15) is 0 Å². The number of carboxylic acid groups (broad SMARTS) is 1. The zero-order valence-electron chi connectivity index (χ0n) is 21.0. The van der Waals surface area contributed by atoms with E-state index in [9.17, 15) is 19.5 Å². The van der Waals surface area contributed by atoms with Crippen LogP contribution in [-0.4, -0.2) is 57.9 Å². The molecule has 1 N–H and O–H groups in total. The Hall–Kier alpha value is -4.85. The molecule has 2 aromatic carbocycles. The van der Waals surface area contributed by atoms with Crippen molar-refractivity contribution in [1.82, 2.24) is 14.9 Å². The van der Waals surface area contributed by atoms with Crippen LogP contribution in [0.25, 0.3) is 11.1 Å². The lowest BCUT2D eigenvalue weighted by molar-refractivity contribution is -0.137. The van der Waals surface area contributed by atoms with Crippen LogP contribution in [0.2, 0.25) is 0 Å². The predicted molar refractivity (Wildman–Crippen MR) is 145 cm³/mol. The topological polar surface area (TPSA) is 104 Å². The van der Waals surface area contributed by atoms with Crippen molar-refractivity contribution >= 4 is 23.6 Å². The molecule has 8 heteroatoms. The summed E-state index contributed by atoms with van der Waals surface area (Å²) in [5.74, 6) is -1.05. The van der Waals surface area contributed by atoms with Crippen molar-refractivity contribution in [2.24, 2.45) is 0 Å². The summed E-state index contributed by atoms with van der Waals surface area (Å²) in [4.78, 5) is 50.2. The predicted octanol–water partition coefficient (Wildman–Crippen LogP) is 4.58. The quantitative estimate of drug-likeness (QED) is 0.336. The van der Waals surface area contributed by atoms with Crippen LogP contribution >= 0.6 is 0 Å². The Kier molecular flexibility index (Phi) is 8.56. The van der Waals surface area contributed by atoms with Gasteiger partial charge in [-0.15, -0.1) is 0 Å². The zero-order valence-corrected chi connectivity index (χ0v) is 21.0. The number of pyridine rings is 2. The van der Waals surface area contributed by atoms with Crippen molar-refractivity contribution in [3.05, 3.63) is 114 Å². The second-order valence-corrected chi connectivity index (χ2v) is 8.65. The smallest absolute Gasteiger partial charge is 0.305 e. The van der Waals surface area contributed by atoms with Crippen molar-refractivity contribution in [3.8, 4) is 11.1 Å². The minimum atomic E-state index is -0.984. The molecule has 0 saturated heterocycles. The number of aromatic nitrogens is 2. The number of carbonyl (C=O) groups excluding carboxylic acids is 2. The van der Waals surface area contributed by atoms with Crippen molar-refractivity contribution in [1.29, 1.82) is 0 Å². The third-order valence-corrected chi connectivity index (χ3v) is 6.15. The zero-order chi connectivity index (χ0) is 26.9. The highest BCUT2D eigenvalue weighted by molar-refractivity contribution is 6.11. The maximum Gasteiger partial charge on any atom is 0.305 e. The molecule has 2 amide bonds. The average Bonchev–Trinajstić information content (AvgIpc) is 2.97. The van der Waals surface area contributed by atoms with Gasteiger partial charge in [0.1, 0.15) is 5.82 Å². The lowest BCUT2D eigenvalue weighted by Crippen LogP contribution is -2.35. The minimum absolute atomic E-state index is 0.0539. The molecule has 38 heavy (non-hydrogen) atoms. The summed E-state index contributed by atoms with van der Waals surface area (Å²) in [7, 11) is 1.66. The van der Waals surface area contributed by atoms with E-state index in [2.05, 4.69) is 9.97 Å². The van der Waals surface area contributed by atoms with Gasteiger partial charge in [-0.25, -0.2) is 4.98 Å². The van der Waals surface area contributed by atoms with Crippen molar-refractivity contribution < 1.29 is 19.5 Å². The van der Waals surface area contributed by atoms with Gasteiger partial charge in [0.2, 0.25) is 0 Å². The number of carbonyl (C=O) groups is 3. The summed E-state index contributed by atoms with van der Waals surface area (Å²) >= 11 is 0. The molecule has 0 fully saturated rings. The van der Waals surface area contributed by atoms with E-state index in [-0.39, 0.29) is 24.8 Å². The van der Waals surface area contributed by atoms with Crippen LogP contribution in [0.5, 0.6) is 0 Å². The van der Waals surface area contributed by atoms with Crippen LogP contribution in [0.4, 0.5) is 5.82 Å². The molecule has 0 aliphatic carbocycles. The Labute approximate surface area is 221 Å². The van der Waals surface area contributed by atoms with Gasteiger partial charge in [-0.05, 0) is 47.5 Å². The first kappa shape index (κ1) is 26.2. The number of aliphatic carboxylic acids is 1. The van der Waals surface area contributed by atoms with Crippen LogP contribution in [0.3, 0.4) is 0 Å². The van der Waals surface area contributed by atoms with Gasteiger partial charge in [-0.1, -0.05) is 48.5 Å². The Bertz CT molecular complexity index is 1410. The Morgan fingerprint density at radius 2 is 1.29 bits per heavy atom. The van der Waals surface area contributed by atoms with Crippen LogP contribution in [0.15, 0.2) is 97.3 Å². The van der Waals surface area contributed by atoms with Crippen LogP contribution < -0.4 is 4.90 Å². The third-order valence-electron chi connectivity index (χ3n) is 6.15. The molecule has 0 saturated carbocycles. The van der Waals surface area contributed by atoms with Crippen LogP contribution in [0, 0.1) is 0 Å². The molecule has 4 rings (SSSR count). The largest absolute Gasteiger partial charge is 0.481 e. The van der Waals surface area contributed by atoms with E-state index in [4.69, 9.17) is 0 Å². The summed E-state index contributed by atoms with van der Waals surface area (Å²) in [6.45, 7) is 0.360. The fourth-order valence-corrected chi connectivity index (χ4v) is 4.16. The van der Waals surface area contributed by atoms with E-state index in [0.29, 0.717) is 41.0 Å². The lowest BCUT2D eigenvalue weighted by Gasteiger charge is -2.24. The summed E-state index contributed by atoms with van der Waals surface area (Å²) < 4.78 is 0. The number of benzene rings is 2. The highest BCUT2D eigenvalue weighted by atomic mass is 16.4. The number of hydrogen-bond donors (Lipinski definition) is 1. The first-order chi connectivity index (χ1) is 18.5. The van der Waals surface area contributed by atoms with Gasteiger partial charge in [0.05, 0.1) is 6.42 Å². The van der Waals surface area contributed by atoms with Gasteiger partial charge < -0.3 is 10.0 Å². The third kappa shape index (κ3) is 6.28. The molecule has 0 bridgehead atoms. The van der Waals surface area contributed by atoms with Gasteiger partial charge in [-0.3, -0.25) is 24.3 Å². The van der Waals surface area contributed by atoms with Gasteiger partial charge in [0.25, 0.3) is 11.8 Å². The number of rotatable bonds is 10. The number of amides is 2. The van der Waals surface area contributed by atoms with Gasteiger partial charge in [0.15, 0.2) is 0 Å². The molecule has 2 heterocycles. The second kappa shape index (κ2) is 12.4. The molecule has 0 aliphatic rings. The average molecular weight is 509 g/mol. The number of nitrogens with zero attached hydrogens (tertiary/aromatic N) is 4. The highest BCUT2D eigenvalue weighted by Gasteiger charge is 2.24. The maximum absolute atomic E-state index is 13.8. The number of carboxylic acids is 1. The SMILES string of the molecule is CN(C(=O)c1ccccc1-c1ccccc1C(=O)N(CCC(=O)O)CCc1ccccn1)c1ccccn1. The van der Waals surface area contributed by atoms with Crippen molar-refractivity contribution in [2.45, 2.75) is 12.8 Å². The summed E-state index contributed by atoms with van der Waals surface area (Å²) in [6.07, 6.45) is 3.61. The molecular weight excluding hydrogens is 480 g/mol. The summed E-state index contributed by atoms with van der Waals surface area (Å²) in [6, 6.07) is 25.1. The molecule has 4 aromatic rings. The van der Waals surface area contributed by atoms with E-state index in [0.717, 1.165) is 5.69 Å². The van der Waals surface area contributed by atoms with Crippen molar-refractivity contribution in [3.63, 3.8) is 0 Å². The molecule has 0 unspecified atom stereocenters. The molecule has 0 atom stereocenters. The van der Waals surface area contributed by atoms with Crippen LogP contribution in [0.1, 0.15) is 32.8 Å². The fourth-order valence-electron chi connectivity index (χ4n) is 4.16. The molecule has 0 spiro atoms. The Morgan fingerprint density at radius 3 is 1.87 bits per heavy atom. The van der Waals surface area contributed by atoms with E-state index in [1.807, 2.05) is 36.4 Å². The first-order valence-electron chi connectivity index (χ1n) is 12.2. The normalized spacial score (nSPS) is 10.6. The molecule has 2 aromatic heterocycles. The van der Waals surface area contributed by atoms with Gasteiger partial charge in [0, 0.05) is 55.8 Å². The lowest BCUT2D eigenvalue weighted by atomic mass is 9.94. The van der Waals surface area contributed by atoms with E-state index >= 15 is 0 Å². The fraction of sp³-hybridized carbons (Fsp3) is 0.167.